The summed E-state index contributed by atoms with van der Waals surface area (Å²) in [4.78, 5) is 28.8. The molecular formula is C18H21ClN4O2. The molecule has 25 heavy (non-hydrogen) atoms. The maximum atomic E-state index is 12.2. The van der Waals surface area contributed by atoms with E-state index in [1.54, 1.807) is 12.1 Å². The molecule has 0 amide bonds. The number of H-pyrrole nitrogens is 1. The van der Waals surface area contributed by atoms with Gasteiger partial charge in [-0.1, -0.05) is 43.5 Å². The van der Waals surface area contributed by atoms with E-state index in [9.17, 15) is 14.9 Å². The van der Waals surface area contributed by atoms with Crippen molar-refractivity contribution in [1.82, 2.24) is 9.55 Å². The number of rotatable bonds is 7. The predicted octanol–water partition coefficient (Wildman–Crippen LogP) is 2.80. The number of hydrogen-bond acceptors (Lipinski definition) is 4. The van der Waals surface area contributed by atoms with Crippen LogP contribution in [-0.2, 0) is 13.6 Å². The van der Waals surface area contributed by atoms with Crippen LogP contribution in [0.5, 0.6) is 0 Å². The summed E-state index contributed by atoms with van der Waals surface area (Å²) in [6.07, 6.45) is 2.97. The van der Waals surface area contributed by atoms with Gasteiger partial charge in [0.1, 0.15) is 11.9 Å². The van der Waals surface area contributed by atoms with E-state index in [2.05, 4.69) is 11.9 Å². The fourth-order valence-corrected chi connectivity index (χ4v) is 2.71. The zero-order valence-electron chi connectivity index (χ0n) is 14.4. The molecule has 2 aromatic rings. The number of hydrogen-bond donors (Lipinski definition) is 1. The summed E-state index contributed by atoms with van der Waals surface area (Å²) in [6, 6.07) is 9.29. The van der Waals surface area contributed by atoms with Crippen LogP contribution in [0, 0.1) is 11.3 Å². The fourth-order valence-electron chi connectivity index (χ4n) is 2.58. The first-order valence-electron chi connectivity index (χ1n) is 8.20. The van der Waals surface area contributed by atoms with Crippen molar-refractivity contribution in [3.05, 3.63) is 61.3 Å². The molecule has 0 fully saturated rings. The summed E-state index contributed by atoms with van der Waals surface area (Å²) in [5, 5.41) is 10.0. The third-order valence-corrected chi connectivity index (χ3v) is 4.28. The minimum Gasteiger partial charge on any atom is -0.352 e. The Morgan fingerprint density at radius 1 is 1.24 bits per heavy atom. The Hall–Kier alpha value is -2.52. The van der Waals surface area contributed by atoms with Gasteiger partial charge in [0, 0.05) is 25.2 Å². The molecule has 2 rings (SSSR count). The van der Waals surface area contributed by atoms with Crippen molar-refractivity contribution in [2.75, 3.05) is 11.4 Å². The molecule has 1 aromatic carbocycles. The minimum absolute atomic E-state index is 0.0486. The molecule has 0 unspecified atom stereocenters. The number of benzene rings is 1. The average Bonchev–Trinajstić information content (AvgIpc) is 2.60. The molecule has 0 spiro atoms. The first kappa shape index (κ1) is 18.8. The standard InChI is InChI=1S/C18H21ClN4O2/c1-3-4-5-10-23(12-13-6-8-14(19)9-7-13)16-15(11-20)17(24)22(2)18(25)21-16/h6-9H,3-5,10,12H2,1-2H3,(H,21,25). The molecule has 0 bridgehead atoms. The number of halogens is 1. The van der Waals surface area contributed by atoms with Crippen LogP contribution in [0.4, 0.5) is 5.82 Å². The van der Waals surface area contributed by atoms with Crippen LogP contribution in [0.15, 0.2) is 33.9 Å². The number of nitriles is 1. The van der Waals surface area contributed by atoms with Crippen molar-refractivity contribution in [2.24, 2.45) is 7.05 Å². The van der Waals surface area contributed by atoms with Gasteiger partial charge in [-0.25, -0.2) is 4.79 Å². The summed E-state index contributed by atoms with van der Waals surface area (Å²) in [5.74, 6) is 0.279. The van der Waals surface area contributed by atoms with Gasteiger partial charge in [0.2, 0.25) is 0 Å². The van der Waals surface area contributed by atoms with Crippen molar-refractivity contribution in [3.63, 3.8) is 0 Å². The first-order chi connectivity index (χ1) is 12.0. The molecule has 0 aliphatic carbocycles. The lowest BCUT2D eigenvalue weighted by molar-refractivity contribution is 0.660. The van der Waals surface area contributed by atoms with Crippen LogP contribution in [-0.4, -0.2) is 16.1 Å². The second kappa shape index (κ2) is 8.54. The Bertz CT molecular complexity index is 878. The quantitative estimate of drug-likeness (QED) is 0.770. The van der Waals surface area contributed by atoms with Gasteiger partial charge in [-0.3, -0.25) is 14.3 Å². The molecular weight excluding hydrogens is 340 g/mol. The lowest BCUT2D eigenvalue weighted by atomic mass is 10.1. The highest BCUT2D eigenvalue weighted by Crippen LogP contribution is 2.18. The largest absolute Gasteiger partial charge is 0.352 e. The summed E-state index contributed by atoms with van der Waals surface area (Å²) in [6.45, 7) is 3.21. The molecule has 0 aliphatic rings. The van der Waals surface area contributed by atoms with Gasteiger partial charge in [0.15, 0.2) is 5.56 Å². The molecule has 0 saturated carbocycles. The number of unbranched alkanes of at least 4 members (excludes halogenated alkanes) is 2. The molecule has 132 valence electrons. The van der Waals surface area contributed by atoms with E-state index in [0.717, 1.165) is 29.4 Å². The van der Waals surface area contributed by atoms with E-state index >= 15 is 0 Å². The van der Waals surface area contributed by atoms with Crippen molar-refractivity contribution in [2.45, 2.75) is 32.7 Å². The van der Waals surface area contributed by atoms with Gasteiger partial charge in [-0.2, -0.15) is 5.26 Å². The van der Waals surface area contributed by atoms with E-state index in [-0.39, 0.29) is 11.4 Å². The van der Waals surface area contributed by atoms with Crippen LogP contribution in [0.3, 0.4) is 0 Å². The van der Waals surface area contributed by atoms with Crippen LogP contribution in [0.2, 0.25) is 5.02 Å². The highest BCUT2D eigenvalue weighted by Gasteiger charge is 2.18. The summed E-state index contributed by atoms with van der Waals surface area (Å²) < 4.78 is 0.911. The predicted molar refractivity (Wildman–Crippen MR) is 99.0 cm³/mol. The lowest BCUT2D eigenvalue weighted by Gasteiger charge is -2.25. The zero-order chi connectivity index (χ0) is 18.4. The van der Waals surface area contributed by atoms with E-state index < -0.39 is 11.2 Å². The Balaban J connectivity index is 2.45. The second-order valence-electron chi connectivity index (χ2n) is 5.88. The highest BCUT2D eigenvalue weighted by molar-refractivity contribution is 6.30. The summed E-state index contributed by atoms with van der Waals surface area (Å²) >= 11 is 5.93. The highest BCUT2D eigenvalue weighted by atomic mass is 35.5. The number of anilines is 1. The Labute approximate surface area is 151 Å². The van der Waals surface area contributed by atoms with Gasteiger partial charge < -0.3 is 4.90 Å². The number of aromatic amines is 1. The van der Waals surface area contributed by atoms with Crippen molar-refractivity contribution >= 4 is 17.4 Å². The van der Waals surface area contributed by atoms with Gasteiger partial charge in [0.25, 0.3) is 5.56 Å². The normalized spacial score (nSPS) is 10.5. The fraction of sp³-hybridized carbons (Fsp3) is 0.389. The lowest BCUT2D eigenvalue weighted by Crippen LogP contribution is -2.38. The molecule has 0 saturated heterocycles. The molecule has 1 heterocycles. The van der Waals surface area contributed by atoms with E-state index in [1.165, 1.54) is 7.05 Å². The van der Waals surface area contributed by atoms with Crippen LogP contribution >= 0.6 is 11.6 Å². The molecule has 6 nitrogen and oxygen atoms in total. The van der Waals surface area contributed by atoms with E-state index in [0.29, 0.717) is 18.1 Å². The number of aromatic nitrogens is 2. The summed E-state index contributed by atoms with van der Waals surface area (Å²) in [7, 11) is 1.35. The van der Waals surface area contributed by atoms with Crippen LogP contribution in [0.1, 0.15) is 37.3 Å². The third kappa shape index (κ3) is 4.52. The molecule has 1 N–H and O–H groups in total. The molecule has 0 radical (unpaired) electrons. The Kier molecular flexibility index (Phi) is 6.43. The second-order valence-corrected chi connectivity index (χ2v) is 6.32. The first-order valence-corrected chi connectivity index (χ1v) is 8.58. The number of nitrogens with zero attached hydrogens (tertiary/aromatic N) is 3. The summed E-state index contributed by atoms with van der Waals surface area (Å²) in [5.41, 5.74) is -0.188. The van der Waals surface area contributed by atoms with Crippen LogP contribution < -0.4 is 16.1 Å². The maximum Gasteiger partial charge on any atom is 0.329 e. The van der Waals surface area contributed by atoms with Crippen molar-refractivity contribution in [1.29, 1.82) is 5.26 Å². The molecule has 1 aromatic heterocycles. The van der Waals surface area contributed by atoms with Gasteiger partial charge in [-0.05, 0) is 24.1 Å². The molecule has 7 heteroatoms. The SMILES string of the molecule is CCCCCN(Cc1ccc(Cl)cc1)c1[nH]c(=O)n(C)c(=O)c1C#N. The Morgan fingerprint density at radius 2 is 1.92 bits per heavy atom. The third-order valence-electron chi connectivity index (χ3n) is 4.03. The Morgan fingerprint density at radius 3 is 2.52 bits per heavy atom. The molecule has 0 aliphatic heterocycles. The average molecular weight is 361 g/mol. The van der Waals surface area contributed by atoms with E-state index in [1.807, 2.05) is 23.1 Å². The van der Waals surface area contributed by atoms with E-state index in [4.69, 9.17) is 11.6 Å². The van der Waals surface area contributed by atoms with Gasteiger partial charge in [0.05, 0.1) is 0 Å². The smallest absolute Gasteiger partial charge is 0.329 e. The monoisotopic (exact) mass is 360 g/mol. The number of nitrogens with one attached hydrogen (secondary N) is 1. The minimum atomic E-state index is -0.585. The van der Waals surface area contributed by atoms with Gasteiger partial charge in [-0.15, -0.1) is 0 Å². The zero-order valence-corrected chi connectivity index (χ0v) is 15.1. The van der Waals surface area contributed by atoms with Crippen LogP contribution in [0.25, 0.3) is 0 Å². The van der Waals surface area contributed by atoms with Crippen molar-refractivity contribution in [3.8, 4) is 6.07 Å². The maximum absolute atomic E-state index is 12.2. The topological polar surface area (TPSA) is 81.9 Å². The van der Waals surface area contributed by atoms with Gasteiger partial charge >= 0.3 is 5.69 Å². The molecule has 0 atom stereocenters. The van der Waals surface area contributed by atoms with Crippen molar-refractivity contribution < 1.29 is 0 Å².